The molecule has 2 N–H and O–H groups in total. The van der Waals surface area contributed by atoms with Gasteiger partial charge >= 0.3 is 0 Å². The molecule has 0 radical (unpaired) electrons. The zero-order chi connectivity index (χ0) is 12.1. The summed E-state index contributed by atoms with van der Waals surface area (Å²) in [5, 5.41) is 1.77. The molecule has 1 atom stereocenters. The molecular weight excluding hydrogens is 293 g/mol. The first-order valence-electron chi connectivity index (χ1n) is 5.41. The van der Waals surface area contributed by atoms with Crippen LogP contribution in [0.1, 0.15) is 30.8 Å². The number of nitrogens with two attached hydrogens (primary N) is 1. The second kappa shape index (κ2) is 9.55. The Morgan fingerprint density at radius 3 is 2.56 bits per heavy atom. The zero-order valence-corrected chi connectivity index (χ0v) is 13.3. The molecule has 1 rings (SSSR count). The van der Waals surface area contributed by atoms with Crippen LogP contribution in [0, 0.1) is 5.92 Å². The highest BCUT2D eigenvalue weighted by atomic mass is 35.5. The minimum absolute atomic E-state index is 0. The fourth-order valence-corrected chi connectivity index (χ4v) is 1.82. The summed E-state index contributed by atoms with van der Waals surface area (Å²) < 4.78 is 0. The lowest BCUT2D eigenvalue weighted by molar-refractivity contribution is 0.0784. The maximum absolute atomic E-state index is 11.8. The monoisotopic (exact) mass is 313 g/mol. The van der Waals surface area contributed by atoms with E-state index in [1.165, 1.54) is 11.3 Å². The predicted molar refractivity (Wildman–Crippen MR) is 81.0 cm³/mol. The summed E-state index contributed by atoms with van der Waals surface area (Å²) >= 11 is 1.43. The van der Waals surface area contributed by atoms with Crippen LogP contribution in [0.2, 0.25) is 0 Å². The Morgan fingerprint density at radius 2 is 2.11 bits per heavy atom. The highest BCUT2D eigenvalue weighted by molar-refractivity contribution is 7.07. The Morgan fingerprint density at radius 1 is 1.50 bits per heavy atom. The molecule has 0 aliphatic rings. The van der Waals surface area contributed by atoms with Crippen molar-refractivity contribution in [2.45, 2.75) is 26.3 Å². The minimum Gasteiger partial charge on any atom is -0.340 e. The van der Waals surface area contributed by atoms with Gasteiger partial charge in [-0.2, -0.15) is 0 Å². The summed E-state index contributed by atoms with van der Waals surface area (Å²) in [6.45, 7) is 4.86. The van der Waals surface area contributed by atoms with Gasteiger partial charge in [-0.05, 0) is 12.3 Å². The average molecular weight is 314 g/mol. The fraction of sp³-hybridized carbons (Fsp3) is 0.636. The van der Waals surface area contributed by atoms with E-state index in [9.17, 15) is 4.79 Å². The molecule has 7 heteroatoms. The lowest BCUT2D eigenvalue weighted by atomic mass is 10.0. The lowest BCUT2D eigenvalue weighted by Gasteiger charge is -2.20. The van der Waals surface area contributed by atoms with Gasteiger partial charge in [-0.1, -0.05) is 13.8 Å². The largest absolute Gasteiger partial charge is 0.340 e. The van der Waals surface area contributed by atoms with Crippen LogP contribution in [0.4, 0.5) is 0 Å². The van der Waals surface area contributed by atoms with Crippen LogP contribution >= 0.6 is 36.2 Å². The zero-order valence-electron chi connectivity index (χ0n) is 10.8. The molecule has 0 fully saturated rings. The van der Waals surface area contributed by atoms with Crippen molar-refractivity contribution in [3.8, 4) is 0 Å². The molecule has 0 aliphatic carbocycles. The van der Waals surface area contributed by atoms with Crippen LogP contribution in [-0.4, -0.2) is 35.4 Å². The number of aromatic nitrogens is 1. The first-order valence-corrected chi connectivity index (χ1v) is 6.36. The number of carbonyl (C=O) groups is 1. The summed E-state index contributed by atoms with van der Waals surface area (Å²) in [5.74, 6) is 0.417. The highest BCUT2D eigenvalue weighted by Crippen LogP contribution is 2.07. The Labute approximate surface area is 125 Å². The van der Waals surface area contributed by atoms with Crippen LogP contribution in [0.15, 0.2) is 10.9 Å². The quantitative estimate of drug-likeness (QED) is 0.908. The molecule has 106 valence electrons. The number of amides is 1. The number of hydrogen-bond acceptors (Lipinski definition) is 4. The van der Waals surface area contributed by atoms with Crippen LogP contribution in [0.5, 0.6) is 0 Å². The molecule has 1 aromatic rings. The van der Waals surface area contributed by atoms with E-state index in [-0.39, 0.29) is 36.8 Å². The van der Waals surface area contributed by atoms with Gasteiger partial charge < -0.3 is 10.6 Å². The SMILES string of the molecule is CC(C)C(N)CCN(C)C(=O)c1cscn1.Cl.Cl. The van der Waals surface area contributed by atoms with Gasteiger partial charge in [0.05, 0.1) is 5.51 Å². The first-order chi connectivity index (χ1) is 7.52. The van der Waals surface area contributed by atoms with E-state index in [1.807, 2.05) is 0 Å². The third-order valence-electron chi connectivity index (χ3n) is 2.65. The van der Waals surface area contributed by atoms with E-state index >= 15 is 0 Å². The standard InChI is InChI=1S/C11H19N3OS.2ClH/c1-8(2)9(12)4-5-14(3)11(15)10-6-16-7-13-10;;/h6-9H,4-5,12H2,1-3H3;2*1H. The van der Waals surface area contributed by atoms with Crippen LogP contribution < -0.4 is 5.73 Å². The number of hydrogen-bond donors (Lipinski definition) is 1. The molecule has 0 saturated heterocycles. The van der Waals surface area contributed by atoms with Crippen molar-refractivity contribution in [3.05, 3.63) is 16.6 Å². The Balaban J connectivity index is 0. The second-order valence-corrected chi connectivity index (χ2v) is 5.02. The Hall–Kier alpha value is -0.360. The van der Waals surface area contributed by atoms with Gasteiger partial charge in [0.15, 0.2) is 0 Å². The van der Waals surface area contributed by atoms with Gasteiger partial charge in [0, 0.05) is 25.0 Å². The normalized spacial score (nSPS) is 11.4. The van der Waals surface area contributed by atoms with E-state index in [1.54, 1.807) is 22.8 Å². The van der Waals surface area contributed by atoms with E-state index < -0.39 is 0 Å². The molecule has 1 amide bonds. The van der Waals surface area contributed by atoms with Gasteiger partial charge in [0.1, 0.15) is 5.69 Å². The molecule has 1 unspecified atom stereocenters. The molecule has 18 heavy (non-hydrogen) atoms. The van der Waals surface area contributed by atoms with E-state index in [4.69, 9.17) is 5.73 Å². The summed E-state index contributed by atoms with van der Waals surface area (Å²) in [6.07, 6.45) is 0.823. The van der Waals surface area contributed by atoms with Crippen LogP contribution in [0.25, 0.3) is 0 Å². The Bertz CT molecular complexity index is 333. The van der Waals surface area contributed by atoms with Crippen molar-refractivity contribution >= 4 is 42.1 Å². The van der Waals surface area contributed by atoms with E-state index in [2.05, 4.69) is 18.8 Å². The minimum atomic E-state index is -0.0304. The summed E-state index contributed by atoms with van der Waals surface area (Å²) in [5.41, 5.74) is 8.12. The second-order valence-electron chi connectivity index (χ2n) is 4.30. The number of carbonyl (C=O) groups excluding carboxylic acids is 1. The predicted octanol–water partition coefficient (Wildman–Crippen LogP) is 2.43. The van der Waals surface area contributed by atoms with Crippen LogP contribution in [0.3, 0.4) is 0 Å². The molecule has 1 heterocycles. The van der Waals surface area contributed by atoms with Crippen molar-refractivity contribution in [1.29, 1.82) is 0 Å². The smallest absolute Gasteiger partial charge is 0.273 e. The molecular formula is C11H21Cl2N3OS. The van der Waals surface area contributed by atoms with Crippen molar-refractivity contribution in [1.82, 2.24) is 9.88 Å². The molecule has 0 spiro atoms. The van der Waals surface area contributed by atoms with Gasteiger partial charge in [-0.25, -0.2) is 4.98 Å². The molecule has 0 saturated carbocycles. The van der Waals surface area contributed by atoms with Gasteiger partial charge in [0.25, 0.3) is 5.91 Å². The average Bonchev–Trinajstić information content (AvgIpc) is 2.77. The molecule has 0 aliphatic heterocycles. The van der Waals surface area contributed by atoms with E-state index in [0.717, 1.165) is 6.42 Å². The van der Waals surface area contributed by atoms with Gasteiger partial charge in [-0.15, -0.1) is 36.2 Å². The molecule has 0 bridgehead atoms. The molecule has 1 aromatic heterocycles. The highest BCUT2D eigenvalue weighted by Gasteiger charge is 2.15. The summed E-state index contributed by atoms with van der Waals surface area (Å²) in [4.78, 5) is 17.5. The number of halogens is 2. The molecule has 0 aromatic carbocycles. The third kappa shape index (κ3) is 6.00. The van der Waals surface area contributed by atoms with Crippen LogP contribution in [-0.2, 0) is 0 Å². The molecule has 4 nitrogen and oxygen atoms in total. The number of rotatable bonds is 5. The number of nitrogens with zero attached hydrogens (tertiary/aromatic N) is 2. The summed E-state index contributed by atoms with van der Waals surface area (Å²) in [7, 11) is 1.79. The fourth-order valence-electron chi connectivity index (χ4n) is 1.29. The van der Waals surface area contributed by atoms with Gasteiger partial charge in [0.2, 0.25) is 0 Å². The first kappa shape index (κ1) is 20.0. The maximum Gasteiger partial charge on any atom is 0.273 e. The summed E-state index contributed by atoms with van der Waals surface area (Å²) in [6, 6.07) is 0.144. The Kier molecular flexibility index (Phi) is 10.6. The lowest BCUT2D eigenvalue weighted by Crippen LogP contribution is -2.34. The topological polar surface area (TPSA) is 59.2 Å². The third-order valence-corrected chi connectivity index (χ3v) is 3.24. The van der Waals surface area contributed by atoms with Crippen molar-refractivity contribution in [2.75, 3.05) is 13.6 Å². The van der Waals surface area contributed by atoms with Gasteiger partial charge in [-0.3, -0.25) is 4.79 Å². The number of thiazole rings is 1. The van der Waals surface area contributed by atoms with E-state index in [0.29, 0.717) is 18.2 Å². The van der Waals surface area contributed by atoms with Crippen molar-refractivity contribution in [3.63, 3.8) is 0 Å². The maximum atomic E-state index is 11.8. The van der Waals surface area contributed by atoms with Crippen molar-refractivity contribution in [2.24, 2.45) is 11.7 Å². The van der Waals surface area contributed by atoms with Crippen molar-refractivity contribution < 1.29 is 4.79 Å².